The lowest BCUT2D eigenvalue weighted by molar-refractivity contribution is -0.121. The fraction of sp³-hybridized carbons (Fsp3) is 0.600. The SMILES string of the molecule is CC1(CNC(=O)CCC(=O)c2ccc3c(c2)CCC3)CCNCC1. The van der Waals surface area contributed by atoms with E-state index in [1.54, 1.807) is 0 Å². The molecule has 0 aromatic heterocycles. The lowest BCUT2D eigenvalue weighted by Gasteiger charge is -2.34. The molecular weight excluding hydrogens is 300 g/mol. The van der Waals surface area contributed by atoms with Crippen LogP contribution in [0.15, 0.2) is 18.2 Å². The van der Waals surface area contributed by atoms with Gasteiger partial charge in [-0.05, 0) is 67.8 Å². The van der Waals surface area contributed by atoms with Crippen LogP contribution in [0.1, 0.15) is 60.5 Å². The van der Waals surface area contributed by atoms with Crippen molar-refractivity contribution in [2.24, 2.45) is 5.41 Å². The van der Waals surface area contributed by atoms with E-state index in [0.717, 1.165) is 44.3 Å². The molecule has 1 saturated heterocycles. The van der Waals surface area contributed by atoms with Crippen LogP contribution in [0, 0.1) is 5.41 Å². The van der Waals surface area contributed by atoms with Gasteiger partial charge in [-0.15, -0.1) is 0 Å². The lowest BCUT2D eigenvalue weighted by Crippen LogP contribution is -2.42. The molecule has 1 aromatic rings. The highest BCUT2D eigenvalue weighted by atomic mass is 16.2. The van der Waals surface area contributed by atoms with Crippen LogP contribution in [-0.2, 0) is 17.6 Å². The molecule has 1 aliphatic heterocycles. The van der Waals surface area contributed by atoms with Gasteiger partial charge in [-0.3, -0.25) is 9.59 Å². The summed E-state index contributed by atoms with van der Waals surface area (Å²) in [5.74, 6) is 0.0668. The van der Waals surface area contributed by atoms with Crippen LogP contribution in [-0.4, -0.2) is 31.3 Å². The summed E-state index contributed by atoms with van der Waals surface area (Å²) in [6.45, 7) is 4.97. The quantitative estimate of drug-likeness (QED) is 0.789. The van der Waals surface area contributed by atoms with Gasteiger partial charge in [0.2, 0.25) is 5.91 Å². The third-order valence-corrected chi connectivity index (χ3v) is 5.52. The Morgan fingerprint density at radius 3 is 2.67 bits per heavy atom. The van der Waals surface area contributed by atoms with Gasteiger partial charge < -0.3 is 10.6 Å². The van der Waals surface area contributed by atoms with Crippen molar-refractivity contribution in [3.63, 3.8) is 0 Å². The number of rotatable bonds is 6. The van der Waals surface area contributed by atoms with Crippen molar-refractivity contribution in [3.8, 4) is 0 Å². The standard InChI is InChI=1S/C20H28N2O2/c1-20(9-11-21-12-10-20)14-22-19(24)8-7-18(23)17-6-5-15-3-2-4-16(15)13-17/h5-6,13,21H,2-4,7-12,14H2,1H3,(H,22,24). The molecule has 4 nitrogen and oxygen atoms in total. The van der Waals surface area contributed by atoms with E-state index in [0.29, 0.717) is 13.0 Å². The molecule has 130 valence electrons. The van der Waals surface area contributed by atoms with Crippen LogP contribution in [0.4, 0.5) is 0 Å². The molecule has 0 atom stereocenters. The molecule has 1 heterocycles. The minimum atomic E-state index is -0.00994. The van der Waals surface area contributed by atoms with E-state index in [4.69, 9.17) is 0 Å². The molecular formula is C20H28N2O2. The van der Waals surface area contributed by atoms with Crippen LogP contribution in [0.3, 0.4) is 0 Å². The fourth-order valence-corrected chi connectivity index (χ4v) is 3.72. The highest BCUT2D eigenvalue weighted by Gasteiger charge is 2.27. The molecule has 0 unspecified atom stereocenters. The Morgan fingerprint density at radius 1 is 1.12 bits per heavy atom. The average Bonchev–Trinajstić information content (AvgIpc) is 3.06. The van der Waals surface area contributed by atoms with Gasteiger partial charge >= 0.3 is 0 Å². The number of hydrogen-bond donors (Lipinski definition) is 2. The Labute approximate surface area is 144 Å². The first kappa shape index (κ1) is 17.2. The van der Waals surface area contributed by atoms with Gasteiger partial charge in [0.25, 0.3) is 0 Å². The third-order valence-electron chi connectivity index (χ3n) is 5.52. The molecule has 0 saturated carbocycles. The first-order valence-electron chi connectivity index (χ1n) is 9.18. The van der Waals surface area contributed by atoms with Gasteiger partial charge in [-0.25, -0.2) is 0 Å². The summed E-state index contributed by atoms with van der Waals surface area (Å²) in [6, 6.07) is 6.02. The van der Waals surface area contributed by atoms with Crippen LogP contribution < -0.4 is 10.6 Å². The Bertz CT molecular complexity index is 618. The maximum absolute atomic E-state index is 12.3. The van der Waals surface area contributed by atoms with Crippen LogP contribution >= 0.6 is 0 Å². The predicted molar refractivity (Wildman–Crippen MR) is 95.3 cm³/mol. The molecule has 3 rings (SSSR count). The zero-order chi connectivity index (χ0) is 17.0. The number of fused-ring (bicyclic) bond motifs is 1. The topological polar surface area (TPSA) is 58.2 Å². The van der Waals surface area contributed by atoms with Crippen molar-refractivity contribution in [3.05, 3.63) is 34.9 Å². The minimum Gasteiger partial charge on any atom is -0.356 e. The molecule has 1 aromatic carbocycles. The second kappa shape index (κ2) is 7.47. The minimum absolute atomic E-state index is 0.00994. The highest BCUT2D eigenvalue weighted by Crippen LogP contribution is 2.27. The normalized spacial score (nSPS) is 18.9. The first-order chi connectivity index (χ1) is 11.6. The van der Waals surface area contributed by atoms with Crippen molar-refractivity contribution >= 4 is 11.7 Å². The molecule has 24 heavy (non-hydrogen) atoms. The summed E-state index contributed by atoms with van der Waals surface area (Å²) in [4.78, 5) is 24.4. The van der Waals surface area contributed by atoms with Crippen molar-refractivity contribution < 1.29 is 9.59 Å². The summed E-state index contributed by atoms with van der Waals surface area (Å²) < 4.78 is 0. The van der Waals surface area contributed by atoms with Crippen molar-refractivity contribution in [2.75, 3.05) is 19.6 Å². The van der Waals surface area contributed by atoms with E-state index in [2.05, 4.69) is 23.6 Å². The van der Waals surface area contributed by atoms with Gasteiger partial charge in [-0.2, -0.15) is 0 Å². The number of carbonyl (C=O) groups excluding carboxylic acids is 2. The molecule has 1 aliphatic carbocycles. The predicted octanol–water partition coefficient (Wildman–Crippen LogP) is 2.64. The van der Waals surface area contributed by atoms with Gasteiger partial charge in [-0.1, -0.05) is 19.1 Å². The molecule has 1 amide bonds. The van der Waals surface area contributed by atoms with Crippen LogP contribution in [0.25, 0.3) is 0 Å². The zero-order valence-corrected chi connectivity index (χ0v) is 14.6. The largest absolute Gasteiger partial charge is 0.356 e. The first-order valence-corrected chi connectivity index (χ1v) is 9.18. The van der Waals surface area contributed by atoms with Crippen LogP contribution in [0.2, 0.25) is 0 Å². The Balaban J connectivity index is 1.45. The van der Waals surface area contributed by atoms with E-state index in [1.165, 1.54) is 17.5 Å². The zero-order valence-electron chi connectivity index (χ0n) is 14.6. The van der Waals surface area contributed by atoms with Crippen molar-refractivity contribution in [2.45, 2.75) is 51.9 Å². The Hall–Kier alpha value is -1.68. The Morgan fingerprint density at radius 2 is 1.88 bits per heavy atom. The summed E-state index contributed by atoms with van der Waals surface area (Å²) in [6.07, 6.45) is 6.13. The van der Waals surface area contributed by atoms with E-state index in [1.807, 2.05) is 12.1 Å². The summed E-state index contributed by atoms with van der Waals surface area (Å²) in [5.41, 5.74) is 3.63. The number of carbonyl (C=O) groups is 2. The number of piperidine rings is 1. The van der Waals surface area contributed by atoms with Crippen molar-refractivity contribution in [1.29, 1.82) is 0 Å². The molecule has 2 N–H and O–H groups in total. The van der Waals surface area contributed by atoms with E-state index >= 15 is 0 Å². The lowest BCUT2D eigenvalue weighted by atomic mass is 9.81. The summed E-state index contributed by atoms with van der Waals surface area (Å²) in [7, 11) is 0. The number of aryl methyl sites for hydroxylation is 2. The fourth-order valence-electron chi connectivity index (χ4n) is 3.72. The average molecular weight is 328 g/mol. The third kappa shape index (κ3) is 4.23. The molecule has 4 heteroatoms. The molecule has 0 bridgehead atoms. The number of hydrogen-bond acceptors (Lipinski definition) is 3. The van der Waals surface area contributed by atoms with Gasteiger partial charge in [0.15, 0.2) is 5.78 Å². The van der Waals surface area contributed by atoms with Gasteiger partial charge in [0.1, 0.15) is 0 Å². The number of benzene rings is 1. The van der Waals surface area contributed by atoms with E-state index in [-0.39, 0.29) is 23.5 Å². The van der Waals surface area contributed by atoms with E-state index < -0.39 is 0 Å². The van der Waals surface area contributed by atoms with Crippen LogP contribution in [0.5, 0.6) is 0 Å². The van der Waals surface area contributed by atoms with Gasteiger partial charge in [0, 0.05) is 24.9 Å². The smallest absolute Gasteiger partial charge is 0.220 e. The number of Topliss-reactive ketones (excluding diaryl/α,β-unsaturated/α-hetero) is 1. The number of nitrogens with one attached hydrogen (secondary N) is 2. The summed E-state index contributed by atoms with van der Waals surface area (Å²) >= 11 is 0. The maximum Gasteiger partial charge on any atom is 0.220 e. The second-order valence-electron chi connectivity index (χ2n) is 7.60. The van der Waals surface area contributed by atoms with E-state index in [9.17, 15) is 9.59 Å². The van der Waals surface area contributed by atoms with Gasteiger partial charge in [0.05, 0.1) is 0 Å². The molecule has 2 aliphatic rings. The second-order valence-corrected chi connectivity index (χ2v) is 7.60. The van der Waals surface area contributed by atoms with Crippen molar-refractivity contribution in [1.82, 2.24) is 10.6 Å². The number of ketones is 1. The monoisotopic (exact) mass is 328 g/mol. The molecule has 1 fully saturated rings. The maximum atomic E-state index is 12.3. The molecule has 0 radical (unpaired) electrons. The molecule has 0 spiro atoms. The summed E-state index contributed by atoms with van der Waals surface area (Å²) in [5, 5.41) is 6.37. The highest BCUT2D eigenvalue weighted by molar-refractivity contribution is 5.98. The Kier molecular flexibility index (Phi) is 5.34. The number of amides is 1.